The number of rotatable bonds is 3. The van der Waals surface area contributed by atoms with Gasteiger partial charge in [-0.15, -0.1) is 0 Å². The van der Waals surface area contributed by atoms with Gasteiger partial charge in [0.05, 0.1) is 0 Å². The fourth-order valence-corrected chi connectivity index (χ4v) is 2.91. The van der Waals surface area contributed by atoms with Gasteiger partial charge in [0.1, 0.15) is 17.5 Å². The lowest BCUT2D eigenvalue weighted by molar-refractivity contribution is 0.351. The molecular formula is C16H28N4. The number of nitrogens with two attached hydrogens (primary N) is 1. The lowest BCUT2D eigenvalue weighted by Gasteiger charge is -2.23. The third-order valence-corrected chi connectivity index (χ3v) is 4.31. The summed E-state index contributed by atoms with van der Waals surface area (Å²) in [6.07, 6.45) is 3.81. The van der Waals surface area contributed by atoms with E-state index in [4.69, 9.17) is 10.7 Å². The van der Waals surface area contributed by atoms with Crippen molar-refractivity contribution in [1.29, 1.82) is 0 Å². The van der Waals surface area contributed by atoms with Gasteiger partial charge in [-0.1, -0.05) is 27.7 Å². The van der Waals surface area contributed by atoms with E-state index in [1.807, 2.05) is 6.07 Å². The van der Waals surface area contributed by atoms with Crippen molar-refractivity contribution in [3.8, 4) is 0 Å². The molecule has 1 saturated heterocycles. The van der Waals surface area contributed by atoms with Crippen LogP contribution in [0.25, 0.3) is 0 Å². The topological polar surface area (TPSA) is 55.0 Å². The highest BCUT2D eigenvalue weighted by Crippen LogP contribution is 2.27. The van der Waals surface area contributed by atoms with E-state index in [1.54, 1.807) is 0 Å². The van der Waals surface area contributed by atoms with Crippen LogP contribution in [0.2, 0.25) is 0 Å². The van der Waals surface area contributed by atoms with E-state index in [0.29, 0.717) is 11.7 Å². The molecule has 1 aliphatic heterocycles. The van der Waals surface area contributed by atoms with Gasteiger partial charge in [0.25, 0.3) is 0 Å². The van der Waals surface area contributed by atoms with Crippen molar-refractivity contribution >= 4 is 11.6 Å². The summed E-state index contributed by atoms with van der Waals surface area (Å²) in [5.41, 5.74) is 5.94. The Balaban J connectivity index is 2.15. The van der Waals surface area contributed by atoms with Gasteiger partial charge >= 0.3 is 0 Å². The summed E-state index contributed by atoms with van der Waals surface area (Å²) in [6, 6.07) is 1.92. The molecule has 1 aliphatic rings. The van der Waals surface area contributed by atoms with Gasteiger partial charge in [-0.2, -0.15) is 0 Å². The molecule has 4 nitrogen and oxygen atoms in total. The summed E-state index contributed by atoms with van der Waals surface area (Å²) < 4.78 is 0. The predicted octanol–water partition coefficient (Wildman–Crippen LogP) is 3.44. The first kappa shape index (κ1) is 15.1. The lowest BCUT2D eigenvalue weighted by Crippen LogP contribution is -2.26. The van der Waals surface area contributed by atoms with Gasteiger partial charge in [-0.05, 0) is 31.1 Å². The second kappa shape index (κ2) is 6.42. The third-order valence-electron chi connectivity index (χ3n) is 4.31. The number of nitrogen functional groups attached to an aromatic ring is 1. The highest BCUT2D eigenvalue weighted by molar-refractivity contribution is 5.47. The zero-order chi connectivity index (χ0) is 14.7. The minimum Gasteiger partial charge on any atom is -0.384 e. The van der Waals surface area contributed by atoms with E-state index < -0.39 is 0 Å². The summed E-state index contributed by atoms with van der Waals surface area (Å²) in [6.45, 7) is 11.0. The third kappa shape index (κ3) is 3.62. The second-order valence-corrected chi connectivity index (χ2v) is 6.59. The molecule has 2 heterocycles. The molecular weight excluding hydrogens is 248 g/mol. The Bertz CT molecular complexity index is 442. The summed E-state index contributed by atoms with van der Waals surface area (Å²) in [7, 11) is 0. The fraction of sp³-hybridized carbons (Fsp3) is 0.750. The van der Waals surface area contributed by atoms with Crippen molar-refractivity contribution in [2.75, 3.05) is 23.7 Å². The SMILES string of the molecule is CC(C)c1nc(N)cc(N2CCCC(C(C)C)CC2)n1. The van der Waals surface area contributed by atoms with Gasteiger partial charge in [-0.3, -0.25) is 0 Å². The molecule has 0 bridgehead atoms. The Morgan fingerprint density at radius 3 is 2.55 bits per heavy atom. The van der Waals surface area contributed by atoms with Gasteiger partial charge < -0.3 is 10.6 Å². The second-order valence-electron chi connectivity index (χ2n) is 6.59. The van der Waals surface area contributed by atoms with E-state index in [2.05, 4.69) is 37.6 Å². The van der Waals surface area contributed by atoms with Gasteiger partial charge in [0, 0.05) is 25.1 Å². The first-order valence-electron chi connectivity index (χ1n) is 7.86. The first-order chi connectivity index (χ1) is 9.47. The van der Waals surface area contributed by atoms with Crippen molar-refractivity contribution in [2.45, 2.75) is 52.9 Å². The van der Waals surface area contributed by atoms with Crippen molar-refractivity contribution in [3.05, 3.63) is 11.9 Å². The standard InChI is InChI=1S/C16H28N4/c1-11(2)13-6-5-8-20(9-7-13)15-10-14(17)18-16(19-15)12(3)4/h10-13H,5-9H2,1-4H3,(H2,17,18,19). The largest absolute Gasteiger partial charge is 0.384 e. The fourth-order valence-electron chi connectivity index (χ4n) is 2.91. The van der Waals surface area contributed by atoms with Crippen molar-refractivity contribution in [2.24, 2.45) is 11.8 Å². The summed E-state index contributed by atoms with van der Waals surface area (Å²) in [4.78, 5) is 11.4. The molecule has 2 rings (SSSR count). The van der Waals surface area contributed by atoms with Crippen LogP contribution in [0.15, 0.2) is 6.07 Å². The molecule has 4 heteroatoms. The molecule has 0 radical (unpaired) electrons. The van der Waals surface area contributed by atoms with Crippen molar-refractivity contribution < 1.29 is 0 Å². The Morgan fingerprint density at radius 1 is 1.15 bits per heavy atom. The first-order valence-corrected chi connectivity index (χ1v) is 7.86. The number of aromatic nitrogens is 2. The minimum absolute atomic E-state index is 0.313. The Morgan fingerprint density at radius 2 is 1.90 bits per heavy atom. The predicted molar refractivity (Wildman–Crippen MR) is 84.9 cm³/mol. The van der Waals surface area contributed by atoms with E-state index in [0.717, 1.165) is 36.6 Å². The van der Waals surface area contributed by atoms with Crippen LogP contribution in [0.4, 0.5) is 11.6 Å². The number of anilines is 2. The maximum absolute atomic E-state index is 5.94. The molecule has 1 unspecified atom stereocenters. The van der Waals surface area contributed by atoms with Crippen LogP contribution in [-0.2, 0) is 0 Å². The van der Waals surface area contributed by atoms with E-state index in [-0.39, 0.29) is 0 Å². The molecule has 1 aromatic heterocycles. The summed E-state index contributed by atoms with van der Waals surface area (Å²) in [5.74, 6) is 4.37. The number of hydrogen-bond donors (Lipinski definition) is 1. The zero-order valence-corrected chi connectivity index (χ0v) is 13.3. The molecule has 1 fully saturated rings. The smallest absolute Gasteiger partial charge is 0.135 e. The number of nitrogens with zero attached hydrogens (tertiary/aromatic N) is 3. The normalized spacial score (nSPS) is 20.5. The average Bonchev–Trinajstić information content (AvgIpc) is 2.63. The van der Waals surface area contributed by atoms with Gasteiger partial charge in [0.15, 0.2) is 0 Å². The van der Waals surface area contributed by atoms with E-state index in [9.17, 15) is 0 Å². The lowest BCUT2D eigenvalue weighted by atomic mass is 9.89. The maximum Gasteiger partial charge on any atom is 0.135 e. The molecule has 0 aromatic carbocycles. The van der Waals surface area contributed by atoms with Crippen molar-refractivity contribution in [1.82, 2.24) is 9.97 Å². The molecule has 0 aliphatic carbocycles. The van der Waals surface area contributed by atoms with Gasteiger partial charge in [-0.25, -0.2) is 9.97 Å². The minimum atomic E-state index is 0.313. The quantitative estimate of drug-likeness (QED) is 0.918. The summed E-state index contributed by atoms with van der Waals surface area (Å²) >= 11 is 0. The van der Waals surface area contributed by atoms with Crippen LogP contribution >= 0.6 is 0 Å². The Labute approximate surface area is 122 Å². The van der Waals surface area contributed by atoms with Crippen LogP contribution in [0.1, 0.15) is 58.7 Å². The highest BCUT2D eigenvalue weighted by atomic mass is 15.2. The molecule has 112 valence electrons. The molecule has 20 heavy (non-hydrogen) atoms. The monoisotopic (exact) mass is 276 g/mol. The number of hydrogen-bond acceptors (Lipinski definition) is 4. The molecule has 2 N–H and O–H groups in total. The van der Waals surface area contributed by atoms with Crippen LogP contribution in [0.5, 0.6) is 0 Å². The Hall–Kier alpha value is -1.32. The van der Waals surface area contributed by atoms with E-state index >= 15 is 0 Å². The van der Waals surface area contributed by atoms with Crippen molar-refractivity contribution in [3.63, 3.8) is 0 Å². The van der Waals surface area contributed by atoms with Crippen LogP contribution in [-0.4, -0.2) is 23.1 Å². The molecule has 0 amide bonds. The van der Waals surface area contributed by atoms with Crippen LogP contribution in [0.3, 0.4) is 0 Å². The van der Waals surface area contributed by atoms with E-state index in [1.165, 1.54) is 19.3 Å². The molecule has 0 saturated carbocycles. The van der Waals surface area contributed by atoms with Crippen LogP contribution < -0.4 is 10.6 Å². The average molecular weight is 276 g/mol. The molecule has 1 atom stereocenters. The Kier molecular flexibility index (Phi) is 4.84. The summed E-state index contributed by atoms with van der Waals surface area (Å²) in [5, 5.41) is 0. The van der Waals surface area contributed by atoms with Crippen LogP contribution in [0, 0.1) is 11.8 Å². The maximum atomic E-state index is 5.94. The highest BCUT2D eigenvalue weighted by Gasteiger charge is 2.21. The molecule has 1 aromatic rings. The zero-order valence-electron chi connectivity index (χ0n) is 13.3. The molecule has 0 spiro atoms. The van der Waals surface area contributed by atoms with Gasteiger partial charge in [0.2, 0.25) is 0 Å².